The van der Waals surface area contributed by atoms with Crippen LogP contribution in [0.3, 0.4) is 0 Å². The number of amides is 1. The number of nitrogens with one attached hydrogen (secondary N) is 1. The molecular formula is C43H52N8O4S4. The van der Waals surface area contributed by atoms with Crippen LogP contribution in [0.15, 0.2) is 71.9 Å². The zero-order chi connectivity index (χ0) is 42.3. The predicted octanol–water partition coefficient (Wildman–Crippen LogP) is 8.93. The molecule has 59 heavy (non-hydrogen) atoms. The summed E-state index contributed by atoms with van der Waals surface area (Å²) in [7, 11) is 0. The molecule has 0 bridgehead atoms. The average molecular weight is 873 g/mol. The highest BCUT2D eigenvalue weighted by atomic mass is 32.1. The number of Topliss-reactive ketones (excluding diaryl/α,β-unsaturated/α-hetero) is 1. The SMILES string of the molecule is CC(=O)c1ccsc1-c1ncccn1.C[C@@H]1CC[C@@H](c2cc(C(C)(C)O)sn2)CN1.C[C@@H]1CC[C@@H](c2cc(C(C)(C)O)sn2)CN1C(=O)c1ccsc1-c1ncccn1. The second-order valence-corrected chi connectivity index (χ2v) is 19.5. The Morgan fingerprint density at radius 3 is 1.69 bits per heavy atom. The lowest BCUT2D eigenvalue weighted by atomic mass is 9.90. The number of carbonyl (C=O) groups excluding carboxylic acids is 2. The molecule has 2 aliphatic heterocycles. The van der Waals surface area contributed by atoms with Gasteiger partial charge in [0.1, 0.15) is 0 Å². The standard InChI is InChI=1S/C21H24N4O2S2.C12H20N2OS.C10H8N2OS/c1-13-5-6-14(16-11-17(29-24-16)21(2,3)27)12-25(13)20(26)15-7-10-28-18(15)19-22-8-4-9-23-19;1-8-4-5-9(7-13-8)10-6-11(16-14-10)12(2,3)15;1-7(13)8-3-6-14-9(8)10-11-4-2-5-12-10/h4,7-11,13-14,27H,5-6,12H2,1-3H3;6,8-9,13,15H,4-5,7H2,1-3H3;2-6H,1H3/t13-,14-;8-,9-;/m11./s1. The lowest BCUT2D eigenvalue weighted by Gasteiger charge is -2.37. The molecule has 2 fully saturated rings. The summed E-state index contributed by atoms with van der Waals surface area (Å²) in [6.45, 7) is 14.7. The molecule has 0 saturated carbocycles. The molecular weight excluding hydrogens is 821 g/mol. The van der Waals surface area contributed by atoms with E-state index in [-0.39, 0.29) is 23.7 Å². The van der Waals surface area contributed by atoms with Crippen LogP contribution < -0.4 is 5.32 Å². The summed E-state index contributed by atoms with van der Waals surface area (Å²) >= 11 is 5.74. The highest BCUT2D eigenvalue weighted by Gasteiger charge is 2.34. The molecule has 6 aromatic rings. The van der Waals surface area contributed by atoms with Crippen LogP contribution in [0.5, 0.6) is 0 Å². The van der Waals surface area contributed by atoms with E-state index in [1.165, 1.54) is 58.6 Å². The fourth-order valence-corrected chi connectivity index (χ4v) is 10.1. The maximum Gasteiger partial charge on any atom is 0.255 e. The number of likely N-dealkylation sites (tertiary alicyclic amines) is 1. The van der Waals surface area contributed by atoms with Gasteiger partial charge in [0.25, 0.3) is 5.91 Å². The Kier molecular flexibility index (Phi) is 14.7. The van der Waals surface area contributed by atoms with E-state index >= 15 is 0 Å². The summed E-state index contributed by atoms with van der Waals surface area (Å²) in [5, 5.41) is 27.4. The molecule has 0 radical (unpaired) electrons. The molecule has 12 nitrogen and oxygen atoms in total. The number of thiophene rings is 2. The van der Waals surface area contributed by atoms with E-state index in [0.717, 1.165) is 50.3 Å². The average Bonchev–Trinajstić information content (AvgIpc) is 4.06. The molecule has 3 N–H and O–H groups in total. The number of ketones is 1. The lowest BCUT2D eigenvalue weighted by molar-refractivity contribution is 0.0608. The summed E-state index contributed by atoms with van der Waals surface area (Å²) in [4.78, 5) is 46.9. The van der Waals surface area contributed by atoms with Crippen LogP contribution in [0.2, 0.25) is 0 Å². The van der Waals surface area contributed by atoms with Gasteiger partial charge >= 0.3 is 0 Å². The number of rotatable bonds is 8. The zero-order valence-corrected chi connectivity index (χ0v) is 37.7. The van der Waals surface area contributed by atoms with Crippen LogP contribution in [-0.2, 0) is 11.2 Å². The Morgan fingerprint density at radius 2 is 1.22 bits per heavy atom. The first kappa shape index (κ1) is 44.4. The summed E-state index contributed by atoms with van der Waals surface area (Å²) in [5.41, 5.74) is 1.81. The maximum absolute atomic E-state index is 13.4. The minimum atomic E-state index is -0.894. The number of aromatic nitrogens is 6. The summed E-state index contributed by atoms with van der Waals surface area (Å²) in [6.07, 6.45) is 11.0. The topological polar surface area (TPSA) is 167 Å². The van der Waals surface area contributed by atoms with E-state index in [1.54, 1.807) is 63.8 Å². The number of piperidine rings is 2. The second kappa shape index (κ2) is 19.5. The molecule has 8 heterocycles. The normalized spacial score (nSPS) is 19.6. The van der Waals surface area contributed by atoms with E-state index in [0.29, 0.717) is 41.3 Å². The molecule has 0 spiro atoms. The van der Waals surface area contributed by atoms with E-state index in [4.69, 9.17) is 0 Å². The smallest absolute Gasteiger partial charge is 0.255 e. The van der Waals surface area contributed by atoms with E-state index in [9.17, 15) is 19.8 Å². The van der Waals surface area contributed by atoms with E-state index in [2.05, 4.69) is 53.9 Å². The van der Waals surface area contributed by atoms with Crippen molar-refractivity contribution in [3.05, 3.63) is 104 Å². The van der Waals surface area contributed by atoms with Crippen LogP contribution in [0, 0.1) is 0 Å². The number of aliphatic hydroxyl groups is 2. The molecule has 2 aliphatic rings. The monoisotopic (exact) mass is 872 g/mol. The third kappa shape index (κ3) is 11.4. The third-order valence-corrected chi connectivity index (χ3v) is 14.4. The molecule has 4 atom stereocenters. The number of hydrogen-bond acceptors (Lipinski definition) is 15. The van der Waals surface area contributed by atoms with Crippen molar-refractivity contribution in [3.8, 4) is 21.4 Å². The first-order valence-electron chi connectivity index (χ1n) is 19.7. The van der Waals surface area contributed by atoms with Crippen molar-refractivity contribution in [2.24, 2.45) is 0 Å². The molecule has 16 heteroatoms. The van der Waals surface area contributed by atoms with Gasteiger partial charge in [-0.2, -0.15) is 8.75 Å². The number of hydrogen-bond donors (Lipinski definition) is 3. The van der Waals surface area contributed by atoms with Crippen LogP contribution in [-0.4, -0.2) is 80.7 Å². The molecule has 1 amide bonds. The van der Waals surface area contributed by atoms with E-state index in [1.807, 2.05) is 41.6 Å². The maximum atomic E-state index is 13.4. The minimum absolute atomic E-state index is 0.0174. The van der Waals surface area contributed by atoms with Gasteiger partial charge in [0, 0.05) is 67.4 Å². The van der Waals surface area contributed by atoms with Crippen molar-refractivity contribution in [3.63, 3.8) is 0 Å². The van der Waals surface area contributed by atoms with Gasteiger partial charge in [-0.1, -0.05) is 0 Å². The summed E-state index contributed by atoms with van der Waals surface area (Å²) in [6, 6.07) is 12.0. The van der Waals surface area contributed by atoms with Crippen LogP contribution in [0.4, 0.5) is 0 Å². The number of nitrogens with zero attached hydrogens (tertiary/aromatic N) is 7. The van der Waals surface area contributed by atoms with E-state index < -0.39 is 11.2 Å². The largest absolute Gasteiger partial charge is 0.385 e. The molecule has 312 valence electrons. The van der Waals surface area contributed by atoms with Gasteiger partial charge in [-0.05, 0) is 144 Å². The van der Waals surface area contributed by atoms with Gasteiger partial charge in [0.2, 0.25) is 0 Å². The fraction of sp³-hybridized carbons (Fsp3) is 0.442. The van der Waals surface area contributed by atoms with Crippen molar-refractivity contribution in [1.82, 2.24) is 38.9 Å². The minimum Gasteiger partial charge on any atom is -0.385 e. The highest BCUT2D eigenvalue weighted by Crippen LogP contribution is 2.36. The highest BCUT2D eigenvalue weighted by molar-refractivity contribution is 7.14. The second-order valence-electron chi connectivity index (χ2n) is 16.0. The van der Waals surface area contributed by atoms with Gasteiger partial charge in [-0.15, -0.1) is 22.7 Å². The van der Waals surface area contributed by atoms with Crippen molar-refractivity contribution in [1.29, 1.82) is 0 Å². The lowest BCUT2D eigenvalue weighted by Crippen LogP contribution is -2.45. The summed E-state index contributed by atoms with van der Waals surface area (Å²) < 4.78 is 9.05. The van der Waals surface area contributed by atoms with Crippen LogP contribution in [0.25, 0.3) is 21.4 Å². The van der Waals surface area contributed by atoms with Crippen molar-refractivity contribution in [2.45, 2.75) is 109 Å². The first-order chi connectivity index (χ1) is 28.1. The van der Waals surface area contributed by atoms with Gasteiger partial charge < -0.3 is 20.4 Å². The van der Waals surface area contributed by atoms with Crippen LogP contribution in [0.1, 0.15) is 128 Å². The molecule has 0 aliphatic carbocycles. The van der Waals surface area contributed by atoms with Crippen LogP contribution >= 0.6 is 45.7 Å². The quantitative estimate of drug-likeness (QED) is 0.125. The Hall–Kier alpha value is -4.16. The molecule has 8 rings (SSSR count). The van der Waals surface area contributed by atoms with Gasteiger partial charge in [-0.3, -0.25) is 9.59 Å². The van der Waals surface area contributed by atoms with Gasteiger partial charge in [0.05, 0.1) is 47.7 Å². The number of carbonyl (C=O) groups is 2. The molecule has 2 saturated heterocycles. The predicted molar refractivity (Wildman–Crippen MR) is 237 cm³/mol. The Balaban J connectivity index is 0.000000164. The zero-order valence-electron chi connectivity index (χ0n) is 34.5. The van der Waals surface area contributed by atoms with Crippen molar-refractivity contribution >= 4 is 57.4 Å². The molecule has 0 unspecified atom stereocenters. The Bertz CT molecular complexity index is 2270. The third-order valence-electron chi connectivity index (χ3n) is 10.4. The molecule has 0 aromatic carbocycles. The summed E-state index contributed by atoms with van der Waals surface area (Å²) in [5.74, 6) is 1.97. The van der Waals surface area contributed by atoms with Gasteiger partial charge in [-0.25, -0.2) is 19.9 Å². The van der Waals surface area contributed by atoms with Crippen molar-refractivity contribution < 1.29 is 19.8 Å². The fourth-order valence-electron chi connectivity index (χ4n) is 6.82. The van der Waals surface area contributed by atoms with Gasteiger partial charge in [0.15, 0.2) is 17.4 Å². The molecule has 6 aromatic heterocycles. The Labute approximate surface area is 362 Å². The first-order valence-corrected chi connectivity index (χ1v) is 23.0. The Morgan fingerprint density at radius 1 is 0.729 bits per heavy atom. The van der Waals surface area contributed by atoms with Crippen molar-refractivity contribution in [2.75, 3.05) is 13.1 Å².